The lowest BCUT2D eigenvalue weighted by atomic mass is 9.92. The molecule has 0 bridgehead atoms. The Labute approximate surface area is 118 Å². The number of carboxylic acids is 1. The van der Waals surface area contributed by atoms with Crippen molar-refractivity contribution in [2.75, 3.05) is 0 Å². The largest absolute Gasteiger partial charge is 0.507 e. The van der Waals surface area contributed by atoms with E-state index < -0.39 is 5.97 Å². The molecule has 0 heterocycles. The molecule has 2 aromatic carbocycles. The number of hydrogen-bond donors (Lipinski definition) is 2. The SMILES string of the molecule is CC(CCC(=O)O)c1ccc(O)c(-c2ccccc2)c1. The molecular formula is C17H18O3. The smallest absolute Gasteiger partial charge is 0.303 e. The van der Waals surface area contributed by atoms with E-state index >= 15 is 0 Å². The standard InChI is InChI=1S/C17H18O3/c1-12(7-10-17(19)20)14-8-9-16(18)15(11-14)13-5-3-2-4-6-13/h2-6,8-9,11-12,18H,7,10H2,1H3,(H,19,20). The second-order valence-corrected chi connectivity index (χ2v) is 4.98. The van der Waals surface area contributed by atoms with Crippen LogP contribution in [-0.4, -0.2) is 16.2 Å². The molecule has 0 aliphatic carbocycles. The van der Waals surface area contributed by atoms with E-state index in [1.54, 1.807) is 6.07 Å². The third-order valence-corrected chi connectivity index (χ3v) is 3.47. The van der Waals surface area contributed by atoms with E-state index in [1.807, 2.05) is 49.4 Å². The molecular weight excluding hydrogens is 252 g/mol. The summed E-state index contributed by atoms with van der Waals surface area (Å²) in [6.45, 7) is 2.00. The monoisotopic (exact) mass is 270 g/mol. The van der Waals surface area contributed by atoms with Gasteiger partial charge >= 0.3 is 5.97 Å². The fraction of sp³-hybridized carbons (Fsp3) is 0.235. The number of phenolic OH excluding ortho intramolecular Hbond substituents is 1. The number of aromatic hydroxyl groups is 1. The van der Waals surface area contributed by atoms with Crippen LogP contribution in [0.3, 0.4) is 0 Å². The minimum Gasteiger partial charge on any atom is -0.507 e. The van der Waals surface area contributed by atoms with Gasteiger partial charge in [0, 0.05) is 12.0 Å². The zero-order chi connectivity index (χ0) is 14.5. The van der Waals surface area contributed by atoms with Crippen molar-refractivity contribution >= 4 is 5.97 Å². The highest BCUT2D eigenvalue weighted by atomic mass is 16.4. The van der Waals surface area contributed by atoms with Crippen LogP contribution < -0.4 is 0 Å². The average molecular weight is 270 g/mol. The molecule has 0 saturated heterocycles. The van der Waals surface area contributed by atoms with Crippen LogP contribution in [0.15, 0.2) is 48.5 Å². The van der Waals surface area contributed by atoms with Gasteiger partial charge in [-0.2, -0.15) is 0 Å². The zero-order valence-corrected chi connectivity index (χ0v) is 11.4. The molecule has 104 valence electrons. The maximum absolute atomic E-state index is 10.6. The van der Waals surface area contributed by atoms with Crippen LogP contribution >= 0.6 is 0 Å². The average Bonchev–Trinajstić information content (AvgIpc) is 2.46. The van der Waals surface area contributed by atoms with Crippen molar-refractivity contribution in [2.24, 2.45) is 0 Å². The highest BCUT2D eigenvalue weighted by Gasteiger charge is 2.11. The Morgan fingerprint density at radius 2 is 1.85 bits per heavy atom. The third kappa shape index (κ3) is 3.38. The van der Waals surface area contributed by atoms with Crippen LogP contribution in [0.25, 0.3) is 11.1 Å². The topological polar surface area (TPSA) is 57.5 Å². The van der Waals surface area contributed by atoms with Crippen molar-refractivity contribution in [1.82, 2.24) is 0 Å². The van der Waals surface area contributed by atoms with Crippen LogP contribution in [0.1, 0.15) is 31.2 Å². The molecule has 20 heavy (non-hydrogen) atoms. The molecule has 3 nitrogen and oxygen atoms in total. The fourth-order valence-corrected chi connectivity index (χ4v) is 2.22. The summed E-state index contributed by atoms with van der Waals surface area (Å²) in [5, 5.41) is 18.7. The van der Waals surface area contributed by atoms with E-state index in [4.69, 9.17) is 5.11 Å². The van der Waals surface area contributed by atoms with Crippen molar-refractivity contribution in [2.45, 2.75) is 25.7 Å². The fourth-order valence-electron chi connectivity index (χ4n) is 2.22. The number of rotatable bonds is 5. The lowest BCUT2D eigenvalue weighted by molar-refractivity contribution is -0.137. The van der Waals surface area contributed by atoms with Gasteiger partial charge in [0.1, 0.15) is 5.75 Å². The van der Waals surface area contributed by atoms with Gasteiger partial charge in [-0.15, -0.1) is 0 Å². The van der Waals surface area contributed by atoms with Crippen molar-refractivity contribution in [3.63, 3.8) is 0 Å². The molecule has 0 saturated carbocycles. The van der Waals surface area contributed by atoms with Crippen molar-refractivity contribution in [1.29, 1.82) is 0 Å². The van der Waals surface area contributed by atoms with E-state index in [-0.39, 0.29) is 18.1 Å². The summed E-state index contributed by atoms with van der Waals surface area (Å²) in [6.07, 6.45) is 0.747. The van der Waals surface area contributed by atoms with Gasteiger partial charge in [-0.05, 0) is 35.6 Å². The molecule has 1 atom stereocenters. The van der Waals surface area contributed by atoms with Gasteiger partial charge in [-0.25, -0.2) is 0 Å². The van der Waals surface area contributed by atoms with Crippen LogP contribution in [0.5, 0.6) is 5.75 Å². The van der Waals surface area contributed by atoms with E-state index in [9.17, 15) is 9.90 Å². The van der Waals surface area contributed by atoms with E-state index in [2.05, 4.69) is 0 Å². The van der Waals surface area contributed by atoms with E-state index in [0.29, 0.717) is 6.42 Å². The summed E-state index contributed by atoms with van der Waals surface area (Å²) < 4.78 is 0. The second-order valence-electron chi connectivity index (χ2n) is 4.98. The number of carboxylic acid groups (broad SMARTS) is 1. The predicted molar refractivity (Wildman–Crippen MR) is 78.8 cm³/mol. The first-order chi connectivity index (χ1) is 9.58. The Morgan fingerprint density at radius 3 is 2.50 bits per heavy atom. The van der Waals surface area contributed by atoms with Crippen LogP contribution in [0.2, 0.25) is 0 Å². The van der Waals surface area contributed by atoms with Crippen LogP contribution in [0, 0.1) is 0 Å². The maximum atomic E-state index is 10.6. The molecule has 2 aromatic rings. The number of hydrogen-bond acceptors (Lipinski definition) is 2. The molecule has 2 N–H and O–H groups in total. The molecule has 3 heteroatoms. The molecule has 0 aliphatic heterocycles. The number of benzene rings is 2. The Bertz CT molecular complexity index is 590. The highest BCUT2D eigenvalue weighted by Crippen LogP contribution is 2.33. The Morgan fingerprint density at radius 1 is 1.15 bits per heavy atom. The Balaban J connectivity index is 2.27. The molecule has 1 unspecified atom stereocenters. The summed E-state index contributed by atoms with van der Waals surface area (Å²) in [7, 11) is 0. The Kier molecular flexibility index (Phi) is 4.41. The van der Waals surface area contributed by atoms with E-state index in [0.717, 1.165) is 16.7 Å². The van der Waals surface area contributed by atoms with Gasteiger partial charge < -0.3 is 10.2 Å². The first-order valence-corrected chi connectivity index (χ1v) is 6.68. The van der Waals surface area contributed by atoms with Crippen molar-refractivity contribution in [3.8, 4) is 16.9 Å². The van der Waals surface area contributed by atoms with Crippen LogP contribution in [-0.2, 0) is 4.79 Å². The summed E-state index contributed by atoms with van der Waals surface area (Å²) >= 11 is 0. The van der Waals surface area contributed by atoms with Crippen molar-refractivity contribution < 1.29 is 15.0 Å². The number of aliphatic carboxylic acids is 1. The lowest BCUT2D eigenvalue weighted by Gasteiger charge is -2.13. The van der Waals surface area contributed by atoms with Crippen molar-refractivity contribution in [3.05, 3.63) is 54.1 Å². The molecule has 2 rings (SSSR count). The van der Waals surface area contributed by atoms with E-state index in [1.165, 1.54) is 0 Å². The molecule has 0 fully saturated rings. The normalized spacial score (nSPS) is 12.1. The quantitative estimate of drug-likeness (QED) is 0.862. The summed E-state index contributed by atoms with van der Waals surface area (Å²) in [6, 6.07) is 15.1. The van der Waals surface area contributed by atoms with Crippen LogP contribution in [0.4, 0.5) is 0 Å². The second kappa shape index (κ2) is 6.24. The molecule has 0 radical (unpaired) electrons. The summed E-state index contributed by atoms with van der Waals surface area (Å²) in [5.41, 5.74) is 2.78. The van der Waals surface area contributed by atoms with Gasteiger partial charge in [-0.1, -0.05) is 43.3 Å². The minimum absolute atomic E-state index is 0.147. The van der Waals surface area contributed by atoms with Gasteiger partial charge in [0.25, 0.3) is 0 Å². The first-order valence-electron chi connectivity index (χ1n) is 6.68. The van der Waals surface area contributed by atoms with Gasteiger partial charge in [0.2, 0.25) is 0 Å². The summed E-state index contributed by atoms with van der Waals surface area (Å²) in [5.74, 6) is -0.390. The third-order valence-electron chi connectivity index (χ3n) is 3.47. The van der Waals surface area contributed by atoms with Gasteiger partial charge in [0.15, 0.2) is 0 Å². The number of phenols is 1. The first kappa shape index (κ1) is 14.1. The van der Waals surface area contributed by atoms with Gasteiger partial charge in [-0.3, -0.25) is 4.79 Å². The lowest BCUT2D eigenvalue weighted by Crippen LogP contribution is -2.00. The number of carbonyl (C=O) groups is 1. The molecule has 0 amide bonds. The maximum Gasteiger partial charge on any atom is 0.303 e. The molecule has 0 spiro atoms. The Hall–Kier alpha value is -2.29. The molecule has 0 aliphatic rings. The predicted octanol–water partition coefficient (Wildman–Crippen LogP) is 4.03. The zero-order valence-electron chi connectivity index (χ0n) is 11.4. The van der Waals surface area contributed by atoms with Gasteiger partial charge in [0.05, 0.1) is 0 Å². The molecule has 0 aromatic heterocycles. The minimum atomic E-state index is -0.779. The summed E-state index contributed by atoms with van der Waals surface area (Å²) in [4.78, 5) is 10.6. The highest BCUT2D eigenvalue weighted by molar-refractivity contribution is 5.71.